The van der Waals surface area contributed by atoms with Crippen LogP contribution in [0.5, 0.6) is 0 Å². The molecule has 4 rings (SSSR count). The minimum Gasteiger partial charge on any atom is -0.350 e. The normalized spacial score (nSPS) is 17.5. The van der Waals surface area contributed by atoms with E-state index in [1.807, 2.05) is 24.8 Å². The molecule has 1 N–H and O–H groups in total. The lowest BCUT2D eigenvalue weighted by Gasteiger charge is -2.41. The standard InChI is InChI=1S/C21H24FN5O/c1-13(2)21(28)26-8-9-27(14(3)11-26)20-18-16(10-23-19(18)24-12-25-20)15-6-4-5-7-17(15)22/h4-7,10,12-14H,8-9,11H2,1-3H3,(H,23,24,25). The second kappa shape index (κ2) is 7.22. The summed E-state index contributed by atoms with van der Waals surface area (Å²) in [6.07, 6.45) is 3.31. The van der Waals surface area contributed by atoms with E-state index in [0.29, 0.717) is 30.8 Å². The van der Waals surface area contributed by atoms with E-state index in [4.69, 9.17) is 0 Å². The van der Waals surface area contributed by atoms with Gasteiger partial charge in [-0.3, -0.25) is 4.79 Å². The lowest BCUT2D eigenvalue weighted by molar-refractivity contribution is -0.135. The minimum absolute atomic E-state index is 0.0122. The van der Waals surface area contributed by atoms with Gasteiger partial charge in [-0.1, -0.05) is 32.0 Å². The number of carbonyl (C=O) groups excluding carboxylic acids is 1. The number of carbonyl (C=O) groups is 1. The number of aromatic nitrogens is 3. The number of halogens is 1. The Balaban J connectivity index is 1.73. The van der Waals surface area contributed by atoms with Crippen molar-refractivity contribution in [3.63, 3.8) is 0 Å². The summed E-state index contributed by atoms with van der Waals surface area (Å²) >= 11 is 0. The highest BCUT2D eigenvalue weighted by Crippen LogP contribution is 2.36. The first-order valence-electron chi connectivity index (χ1n) is 9.59. The molecule has 3 aromatic rings. The maximum absolute atomic E-state index is 14.4. The second-order valence-corrected chi connectivity index (χ2v) is 7.58. The van der Waals surface area contributed by atoms with Crippen LogP contribution in [0, 0.1) is 11.7 Å². The molecule has 0 bridgehead atoms. The molecule has 1 atom stereocenters. The number of piperazine rings is 1. The number of benzene rings is 1. The Kier molecular flexibility index (Phi) is 4.75. The Bertz CT molecular complexity index is 1010. The molecule has 3 heterocycles. The number of rotatable bonds is 3. The van der Waals surface area contributed by atoms with Gasteiger partial charge in [0.1, 0.15) is 23.6 Å². The van der Waals surface area contributed by atoms with Crippen LogP contribution in [-0.4, -0.2) is 51.4 Å². The van der Waals surface area contributed by atoms with Crippen LogP contribution in [0.4, 0.5) is 10.2 Å². The van der Waals surface area contributed by atoms with Gasteiger partial charge >= 0.3 is 0 Å². The molecule has 1 aliphatic heterocycles. The van der Waals surface area contributed by atoms with Gasteiger partial charge in [0.2, 0.25) is 5.91 Å². The third kappa shape index (κ3) is 3.10. The van der Waals surface area contributed by atoms with Gasteiger partial charge in [0, 0.05) is 48.9 Å². The number of amides is 1. The zero-order chi connectivity index (χ0) is 19.8. The molecule has 1 aromatic carbocycles. The van der Waals surface area contributed by atoms with Gasteiger partial charge in [0.25, 0.3) is 0 Å². The van der Waals surface area contributed by atoms with Crippen LogP contribution in [0.3, 0.4) is 0 Å². The average molecular weight is 381 g/mol. The molecule has 0 radical (unpaired) electrons. The molecule has 6 nitrogen and oxygen atoms in total. The highest BCUT2D eigenvalue weighted by molar-refractivity contribution is 6.01. The fourth-order valence-electron chi connectivity index (χ4n) is 3.89. The molecule has 7 heteroatoms. The van der Waals surface area contributed by atoms with Crippen LogP contribution >= 0.6 is 0 Å². The molecule has 1 aliphatic rings. The van der Waals surface area contributed by atoms with Crippen molar-refractivity contribution in [2.24, 2.45) is 5.92 Å². The number of H-pyrrole nitrogens is 1. The lowest BCUT2D eigenvalue weighted by atomic mass is 10.0. The van der Waals surface area contributed by atoms with Crippen LogP contribution in [0.25, 0.3) is 22.2 Å². The molecular formula is C21H24FN5O. The summed E-state index contributed by atoms with van der Waals surface area (Å²) in [5, 5.41) is 0.808. The summed E-state index contributed by atoms with van der Waals surface area (Å²) in [7, 11) is 0. The van der Waals surface area contributed by atoms with Gasteiger partial charge in [-0.25, -0.2) is 14.4 Å². The van der Waals surface area contributed by atoms with Crippen molar-refractivity contribution in [2.75, 3.05) is 24.5 Å². The van der Waals surface area contributed by atoms with Gasteiger partial charge < -0.3 is 14.8 Å². The molecule has 1 saturated heterocycles. The molecule has 0 saturated carbocycles. The van der Waals surface area contributed by atoms with Crippen molar-refractivity contribution in [3.8, 4) is 11.1 Å². The summed E-state index contributed by atoms with van der Waals surface area (Å²) < 4.78 is 14.4. The van der Waals surface area contributed by atoms with Crippen LogP contribution in [-0.2, 0) is 4.79 Å². The molecule has 1 fully saturated rings. The number of nitrogens with one attached hydrogen (secondary N) is 1. The van der Waals surface area contributed by atoms with Crippen molar-refractivity contribution in [1.29, 1.82) is 0 Å². The number of hydrogen-bond acceptors (Lipinski definition) is 4. The number of nitrogens with zero attached hydrogens (tertiary/aromatic N) is 4. The molecule has 146 valence electrons. The zero-order valence-electron chi connectivity index (χ0n) is 16.3. The van der Waals surface area contributed by atoms with Crippen LogP contribution in [0.1, 0.15) is 20.8 Å². The largest absolute Gasteiger partial charge is 0.350 e. The maximum Gasteiger partial charge on any atom is 0.225 e. The highest BCUT2D eigenvalue weighted by atomic mass is 19.1. The van der Waals surface area contributed by atoms with Crippen LogP contribution in [0.15, 0.2) is 36.8 Å². The molecule has 2 aromatic heterocycles. The van der Waals surface area contributed by atoms with E-state index in [2.05, 4.69) is 26.8 Å². The summed E-state index contributed by atoms with van der Waals surface area (Å²) in [4.78, 5) is 28.5. The topological polar surface area (TPSA) is 65.1 Å². The van der Waals surface area contributed by atoms with Crippen LogP contribution in [0.2, 0.25) is 0 Å². The molecule has 0 aliphatic carbocycles. The van der Waals surface area contributed by atoms with Gasteiger partial charge in [-0.2, -0.15) is 0 Å². The van der Waals surface area contributed by atoms with Gasteiger partial charge in [-0.15, -0.1) is 0 Å². The average Bonchev–Trinajstić information content (AvgIpc) is 3.12. The first kappa shape index (κ1) is 18.4. The van der Waals surface area contributed by atoms with E-state index in [0.717, 1.165) is 16.8 Å². The van der Waals surface area contributed by atoms with E-state index < -0.39 is 0 Å². The number of anilines is 1. The Morgan fingerprint density at radius 3 is 2.71 bits per heavy atom. The zero-order valence-corrected chi connectivity index (χ0v) is 16.3. The number of hydrogen-bond donors (Lipinski definition) is 1. The molecule has 1 unspecified atom stereocenters. The number of aromatic amines is 1. The number of fused-ring (bicyclic) bond motifs is 1. The van der Waals surface area contributed by atoms with Gasteiger partial charge in [0.15, 0.2) is 0 Å². The highest BCUT2D eigenvalue weighted by Gasteiger charge is 2.30. The second-order valence-electron chi connectivity index (χ2n) is 7.58. The van der Waals surface area contributed by atoms with Crippen molar-refractivity contribution in [1.82, 2.24) is 19.9 Å². The van der Waals surface area contributed by atoms with Crippen molar-refractivity contribution < 1.29 is 9.18 Å². The van der Waals surface area contributed by atoms with Gasteiger partial charge in [-0.05, 0) is 13.0 Å². The molecule has 1 amide bonds. The molecule has 0 spiro atoms. The summed E-state index contributed by atoms with van der Waals surface area (Å²) in [6, 6.07) is 6.81. The smallest absolute Gasteiger partial charge is 0.225 e. The third-order valence-electron chi connectivity index (χ3n) is 5.32. The lowest BCUT2D eigenvalue weighted by Crippen LogP contribution is -2.54. The first-order valence-corrected chi connectivity index (χ1v) is 9.59. The van der Waals surface area contributed by atoms with Crippen molar-refractivity contribution in [3.05, 3.63) is 42.6 Å². The fourth-order valence-corrected chi connectivity index (χ4v) is 3.89. The van der Waals surface area contributed by atoms with Gasteiger partial charge in [0.05, 0.1) is 5.39 Å². The first-order chi connectivity index (χ1) is 13.5. The summed E-state index contributed by atoms with van der Waals surface area (Å²) in [5.74, 6) is 0.655. The van der Waals surface area contributed by atoms with E-state index in [1.165, 1.54) is 12.4 Å². The quantitative estimate of drug-likeness (QED) is 0.755. The van der Waals surface area contributed by atoms with E-state index in [-0.39, 0.29) is 23.7 Å². The SMILES string of the molecule is CC(C)C(=O)N1CCN(c2ncnc3[nH]cc(-c4ccccc4F)c23)C(C)C1. The Morgan fingerprint density at radius 1 is 1.21 bits per heavy atom. The van der Waals surface area contributed by atoms with E-state index in [1.54, 1.807) is 18.3 Å². The van der Waals surface area contributed by atoms with Crippen molar-refractivity contribution >= 4 is 22.8 Å². The Morgan fingerprint density at radius 2 is 2.00 bits per heavy atom. The van der Waals surface area contributed by atoms with Crippen LogP contribution < -0.4 is 4.90 Å². The van der Waals surface area contributed by atoms with E-state index in [9.17, 15) is 9.18 Å². The summed E-state index contributed by atoms with van der Waals surface area (Å²) in [6.45, 7) is 7.90. The molecular weight excluding hydrogens is 357 g/mol. The Labute approximate surface area is 163 Å². The Hall–Kier alpha value is -2.96. The predicted molar refractivity (Wildman–Crippen MR) is 108 cm³/mol. The third-order valence-corrected chi connectivity index (χ3v) is 5.32. The summed E-state index contributed by atoms with van der Waals surface area (Å²) in [5.41, 5.74) is 1.94. The maximum atomic E-state index is 14.4. The minimum atomic E-state index is -0.279. The molecule has 28 heavy (non-hydrogen) atoms. The van der Waals surface area contributed by atoms with Crippen molar-refractivity contribution in [2.45, 2.75) is 26.8 Å². The van der Waals surface area contributed by atoms with E-state index >= 15 is 0 Å². The monoisotopic (exact) mass is 381 g/mol. The predicted octanol–water partition coefficient (Wildman–Crippen LogP) is 3.46. The fraction of sp³-hybridized carbons (Fsp3) is 0.381.